The van der Waals surface area contributed by atoms with Crippen LogP contribution in [0.25, 0.3) is 0 Å². The predicted octanol–water partition coefficient (Wildman–Crippen LogP) is 5.78. The highest BCUT2D eigenvalue weighted by Crippen LogP contribution is 2.24. The van der Waals surface area contributed by atoms with Gasteiger partial charge in [0, 0.05) is 26.6 Å². The summed E-state index contributed by atoms with van der Waals surface area (Å²) in [4.78, 5) is 4.29. The SMILES string of the molecule is Cc1csc(NN=Cc2ccccc2OCc2ccc(Cl)cc2Cl)n1. The van der Waals surface area contributed by atoms with Crippen LogP contribution >= 0.6 is 34.5 Å². The minimum atomic E-state index is 0.347. The van der Waals surface area contributed by atoms with Crippen LogP contribution in [0.4, 0.5) is 5.13 Å². The van der Waals surface area contributed by atoms with Gasteiger partial charge >= 0.3 is 0 Å². The van der Waals surface area contributed by atoms with Crippen LogP contribution in [0.5, 0.6) is 5.75 Å². The van der Waals surface area contributed by atoms with Gasteiger partial charge in [0.15, 0.2) is 0 Å². The Kier molecular flexibility index (Phi) is 5.91. The van der Waals surface area contributed by atoms with E-state index in [4.69, 9.17) is 27.9 Å². The number of hydrogen-bond donors (Lipinski definition) is 1. The molecule has 1 heterocycles. The van der Waals surface area contributed by atoms with E-state index in [1.807, 2.05) is 42.6 Å². The summed E-state index contributed by atoms with van der Waals surface area (Å²) < 4.78 is 5.89. The van der Waals surface area contributed by atoms with Crippen molar-refractivity contribution in [3.63, 3.8) is 0 Å². The number of hydrazone groups is 1. The molecular weight excluding hydrogens is 377 g/mol. The van der Waals surface area contributed by atoms with Gasteiger partial charge in [-0.1, -0.05) is 41.4 Å². The van der Waals surface area contributed by atoms with E-state index in [-0.39, 0.29) is 0 Å². The molecule has 0 saturated heterocycles. The normalized spacial score (nSPS) is 11.0. The summed E-state index contributed by atoms with van der Waals surface area (Å²) in [5.74, 6) is 0.717. The lowest BCUT2D eigenvalue weighted by atomic mass is 10.2. The van der Waals surface area contributed by atoms with Crippen molar-refractivity contribution >= 4 is 45.9 Å². The second-order valence-electron chi connectivity index (χ2n) is 5.23. The molecule has 0 aliphatic rings. The van der Waals surface area contributed by atoms with Crippen molar-refractivity contribution in [3.05, 3.63) is 74.7 Å². The summed E-state index contributed by atoms with van der Waals surface area (Å²) in [5, 5.41) is 8.12. The molecule has 0 amide bonds. The van der Waals surface area contributed by atoms with Gasteiger partial charge in [0.05, 0.1) is 11.9 Å². The highest BCUT2D eigenvalue weighted by molar-refractivity contribution is 7.13. The van der Waals surface area contributed by atoms with Gasteiger partial charge in [-0.15, -0.1) is 11.3 Å². The minimum absolute atomic E-state index is 0.347. The van der Waals surface area contributed by atoms with E-state index in [0.29, 0.717) is 16.7 Å². The van der Waals surface area contributed by atoms with Crippen LogP contribution in [0.3, 0.4) is 0 Å². The number of aromatic nitrogens is 1. The molecule has 0 unspecified atom stereocenters. The Morgan fingerprint density at radius 2 is 2.08 bits per heavy atom. The minimum Gasteiger partial charge on any atom is -0.488 e. The van der Waals surface area contributed by atoms with Gasteiger partial charge in [0.2, 0.25) is 5.13 Å². The van der Waals surface area contributed by atoms with Crippen LogP contribution in [0.1, 0.15) is 16.8 Å². The molecule has 2 aromatic carbocycles. The third-order valence-electron chi connectivity index (χ3n) is 3.30. The quantitative estimate of drug-likeness (QED) is 0.427. The fourth-order valence-corrected chi connectivity index (χ4v) is 3.18. The Labute approximate surface area is 160 Å². The van der Waals surface area contributed by atoms with Crippen LogP contribution in [0.2, 0.25) is 10.0 Å². The van der Waals surface area contributed by atoms with Crippen molar-refractivity contribution in [3.8, 4) is 5.75 Å². The maximum atomic E-state index is 6.18. The van der Waals surface area contributed by atoms with Crippen molar-refractivity contribution in [2.45, 2.75) is 13.5 Å². The van der Waals surface area contributed by atoms with Crippen LogP contribution in [0.15, 0.2) is 52.9 Å². The van der Waals surface area contributed by atoms with Crippen molar-refractivity contribution in [1.82, 2.24) is 4.98 Å². The van der Waals surface area contributed by atoms with Gasteiger partial charge in [-0.25, -0.2) is 4.98 Å². The number of rotatable bonds is 6. The van der Waals surface area contributed by atoms with E-state index in [1.165, 1.54) is 11.3 Å². The fraction of sp³-hybridized carbons (Fsp3) is 0.111. The molecule has 0 spiro atoms. The van der Waals surface area contributed by atoms with Crippen molar-refractivity contribution in [2.75, 3.05) is 5.43 Å². The Hall–Kier alpha value is -2.08. The second kappa shape index (κ2) is 8.34. The van der Waals surface area contributed by atoms with Gasteiger partial charge in [0.25, 0.3) is 0 Å². The molecule has 1 aromatic heterocycles. The molecule has 0 aliphatic carbocycles. The number of nitrogens with one attached hydrogen (secondary N) is 1. The molecule has 0 saturated carbocycles. The fourth-order valence-electron chi connectivity index (χ4n) is 2.08. The maximum Gasteiger partial charge on any atom is 0.203 e. The highest BCUT2D eigenvalue weighted by Gasteiger charge is 2.05. The largest absolute Gasteiger partial charge is 0.488 e. The van der Waals surface area contributed by atoms with Crippen molar-refractivity contribution in [2.24, 2.45) is 5.10 Å². The van der Waals surface area contributed by atoms with E-state index in [1.54, 1.807) is 18.3 Å². The molecule has 0 bridgehead atoms. The molecule has 4 nitrogen and oxygen atoms in total. The van der Waals surface area contributed by atoms with E-state index in [0.717, 1.165) is 27.7 Å². The van der Waals surface area contributed by atoms with Crippen molar-refractivity contribution in [1.29, 1.82) is 0 Å². The molecule has 25 heavy (non-hydrogen) atoms. The number of hydrogen-bond acceptors (Lipinski definition) is 5. The van der Waals surface area contributed by atoms with E-state index in [2.05, 4.69) is 15.5 Å². The second-order valence-corrected chi connectivity index (χ2v) is 6.93. The number of aryl methyl sites for hydroxylation is 1. The van der Waals surface area contributed by atoms with E-state index < -0.39 is 0 Å². The first-order chi connectivity index (χ1) is 12.1. The third-order valence-corrected chi connectivity index (χ3v) is 4.75. The number of nitrogens with zero attached hydrogens (tertiary/aromatic N) is 2. The Bertz CT molecular complexity index is 896. The average molecular weight is 392 g/mol. The van der Waals surface area contributed by atoms with Crippen LogP contribution in [-0.2, 0) is 6.61 Å². The molecule has 1 N–H and O–H groups in total. The molecule has 0 radical (unpaired) electrons. The number of para-hydroxylation sites is 1. The van der Waals surface area contributed by atoms with Gasteiger partial charge in [-0.05, 0) is 31.2 Å². The molecule has 0 atom stereocenters. The standard InChI is InChI=1S/C18H15Cl2N3OS/c1-12-11-25-18(22-12)23-21-9-13-4-2-3-5-17(13)24-10-14-6-7-15(19)8-16(14)20/h2-9,11H,10H2,1H3,(H,22,23). The Balaban J connectivity index is 1.68. The monoisotopic (exact) mass is 391 g/mol. The third kappa shape index (κ3) is 4.95. The molecular formula is C18H15Cl2N3OS. The highest BCUT2D eigenvalue weighted by atomic mass is 35.5. The summed E-state index contributed by atoms with van der Waals surface area (Å²) >= 11 is 13.6. The Morgan fingerprint density at radius 3 is 2.84 bits per heavy atom. The lowest BCUT2D eigenvalue weighted by Crippen LogP contribution is -1.99. The molecule has 0 aliphatic heterocycles. The number of ether oxygens (including phenoxy) is 1. The summed E-state index contributed by atoms with van der Waals surface area (Å²) in [7, 11) is 0. The average Bonchev–Trinajstić information content (AvgIpc) is 3.00. The first-order valence-electron chi connectivity index (χ1n) is 7.49. The summed E-state index contributed by atoms with van der Waals surface area (Å²) in [6, 6.07) is 13.0. The van der Waals surface area contributed by atoms with Gasteiger partial charge in [-0.2, -0.15) is 5.10 Å². The lowest BCUT2D eigenvalue weighted by molar-refractivity contribution is 0.306. The van der Waals surface area contributed by atoms with Gasteiger partial charge in [-0.3, -0.25) is 5.43 Å². The predicted molar refractivity (Wildman–Crippen MR) is 105 cm³/mol. The van der Waals surface area contributed by atoms with Crippen molar-refractivity contribution < 1.29 is 4.74 Å². The lowest BCUT2D eigenvalue weighted by Gasteiger charge is -2.10. The number of thiazole rings is 1. The molecule has 3 rings (SSSR count). The molecule has 128 valence electrons. The number of anilines is 1. The van der Waals surface area contributed by atoms with Gasteiger partial charge < -0.3 is 4.74 Å². The maximum absolute atomic E-state index is 6.18. The number of benzene rings is 2. The summed E-state index contributed by atoms with van der Waals surface area (Å²) in [5.41, 5.74) is 5.60. The zero-order chi connectivity index (χ0) is 17.6. The summed E-state index contributed by atoms with van der Waals surface area (Å²) in [6.07, 6.45) is 1.70. The Morgan fingerprint density at radius 1 is 1.24 bits per heavy atom. The molecule has 7 heteroatoms. The number of halogens is 2. The van der Waals surface area contributed by atoms with E-state index in [9.17, 15) is 0 Å². The zero-order valence-electron chi connectivity index (χ0n) is 13.4. The first kappa shape index (κ1) is 17.7. The van der Waals surface area contributed by atoms with Crippen LogP contribution in [0, 0.1) is 6.92 Å². The van der Waals surface area contributed by atoms with Gasteiger partial charge in [0.1, 0.15) is 12.4 Å². The smallest absolute Gasteiger partial charge is 0.203 e. The topological polar surface area (TPSA) is 46.5 Å². The molecule has 3 aromatic rings. The summed E-state index contributed by atoms with van der Waals surface area (Å²) in [6.45, 7) is 2.29. The van der Waals surface area contributed by atoms with Crippen LogP contribution in [-0.4, -0.2) is 11.2 Å². The molecule has 0 fully saturated rings. The zero-order valence-corrected chi connectivity index (χ0v) is 15.7. The first-order valence-corrected chi connectivity index (χ1v) is 9.12. The van der Waals surface area contributed by atoms with Crippen LogP contribution < -0.4 is 10.2 Å². The van der Waals surface area contributed by atoms with E-state index >= 15 is 0 Å².